The van der Waals surface area contributed by atoms with Crippen molar-refractivity contribution in [3.63, 3.8) is 0 Å². The molecule has 7 heteroatoms. The van der Waals surface area contributed by atoms with Crippen molar-refractivity contribution in [1.29, 1.82) is 0 Å². The van der Waals surface area contributed by atoms with Crippen molar-refractivity contribution in [1.82, 2.24) is 24.6 Å². The summed E-state index contributed by atoms with van der Waals surface area (Å²) in [6.45, 7) is 4.49. The summed E-state index contributed by atoms with van der Waals surface area (Å²) in [5, 5.41) is 9.31. The quantitative estimate of drug-likeness (QED) is 0.724. The molecule has 1 aliphatic heterocycles. The van der Waals surface area contributed by atoms with E-state index in [0.717, 1.165) is 54.1 Å². The number of anilines is 1. The van der Waals surface area contributed by atoms with Crippen LogP contribution >= 0.6 is 0 Å². The number of hydrogen-bond donors (Lipinski definition) is 1. The van der Waals surface area contributed by atoms with Gasteiger partial charge in [0, 0.05) is 62.6 Å². The fraction of sp³-hybridized carbons (Fsp3) is 0.409. The zero-order valence-electron chi connectivity index (χ0n) is 16.7. The fourth-order valence-electron chi connectivity index (χ4n) is 4.07. The molecule has 1 amide bonds. The number of nitrogens with one attached hydrogen (secondary N) is 1. The van der Waals surface area contributed by atoms with Gasteiger partial charge >= 0.3 is 0 Å². The van der Waals surface area contributed by atoms with Gasteiger partial charge in [0.15, 0.2) is 0 Å². The van der Waals surface area contributed by atoms with Crippen molar-refractivity contribution in [2.45, 2.75) is 18.9 Å². The molecule has 0 bridgehead atoms. The van der Waals surface area contributed by atoms with Crippen LogP contribution in [-0.2, 0) is 11.8 Å². The third-order valence-electron chi connectivity index (χ3n) is 5.86. The number of amides is 1. The molecular weight excluding hydrogens is 364 g/mol. The Hall–Kier alpha value is -2.77. The van der Waals surface area contributed by atoms with Gasteiger partial charge in [-0.1, -0.05) is 12.1 Å². The Labute approximate surface area is 170 Å². The van der Waals surface area contributed by atoms with Gasteiger partial charge in [-0.15, -0.1) is 0 Å². The first-order valence-electron chi connectivity index (χ1n) is 10.3. The first kappa shape index (κ1) is 18.3. The van der Waals surface area contributed by atoms with Crippen LogP contribution in [0.2, 0.25) is 0 Å². The fourth-order valence-corrected chi connectivity index (χ4v) is 4.07. The monoisotopic (exact) mass is 390 g/mol. The highest BCUT2D eigenvalue weighted by molar-refractivity contribution is 5.94. The zero-order chi connectivity index (χ0) is 19.8. The molecule has 29 heavy (non-hydrogen) atoms. The first-order valence-corrected chi connectivity index (χ1v) is 10.3. The van der Waals surface area contributed by atoms with E-state index in [2.05, 4.69) is 43.4 Å². The lowest BCUT2D eigenvalue weighted by molar-refractivity contribution is -0.117. The summed E-state index contributed by atoms with van der Waals surface area (Å²) >= 11 is 0. The van der Waals surface area contributed by atoms with Crippen molar-refractivity contribution in [2.24, 2.45) is 7.05 Å². The Morgan fingerprint density at radius 2 is 1.90 bits per heavy atom. The molecule has 2 aliphatic rings. The summed E-state index contributed by atoms with van der Waals surface area (Å²) in [6.07, 6.45) is 8.35. The minimum absolute atomic E-state index is 0.000126. The Bertz CT molecular complexity index is 1030. The highest BCUT2D eigenvalue weighted by Gasteiger charge is 2.31. The maximum Gasteiger partial charge on any atom is 0.239 e. The van der Waals surface area contributed by atoms with E-state index in [-0.39, 0.29) is 5.91 Å². The highest BCUT2D eigenvalue weighted by atomic mass is 16.2. The lowest BCUT2D eigenvalue weighted by atomic mass is 10.1. The second-order valence-electron chi connectivity index (χ2n) is 8.13. The van der Waals surface area contributed by atoms with Crippen molar-refractivity contribution >= 4 is 22.5 Å². The van der Waals surface area contributed by atoms with Crippen LogP contribution in [0.1, 0.15) is 12.8 Å². The van der Waals surface area contributed by atoms with E-state index in [1.165, 1.54) is 12.8 Å². The number of piperazine rings is 1. The van der Waals surface area contributed by atoms with Crippen LogP contribution in [0.15, 0.2) is 42.9 Å². The maximum absolute atomic E-state index is 12.5. The number of pyridine rings is 1. The maximum atomic E-state index is 12.5. The molecule has 2 fully saturated rings. The molecule has 2 aromatic heterocycles. The molecule has 3 aromatic rings. The molecule has 0 radical (unpaired) electrons. The standard InChI is InChI=1S/C22H26N6O/c1-26-14-19(13-24-26)16-2-3-17-12-23-21(11-18(17)10-16)25-22(29)15-27-6-8-28(9-7-27)20-4-5-20/h2-3,10-14,20H,4-9,15H2,1H3,(H,23,25,29). The molecule has 1 N–H and O–H groups in total. The van der Waals surface area contributed by atoms with E-state index < -0.39 is 0 Å². The van der Waals surface area contributed by atoms with E-state index in [1.54, 1.807) is 4.68 Å². The molecule has 150 valence electrons. The average Bonchev–Trinajstić information content (AvgIpc) is 3.48. The molecule has 0 unspecified atom stereocenters. The average molecular weight is 390 g/mol. The van der Waals surface area contributed by atoms with Crippen LogP contribution in [0.3, 0.4) is 0 Å². The molecule has 5 rings (SSSR count). The van der Waals surface area contributed by atoms with Gasteiger partial charge in [-0.2, -0.15) is 5.10 Å². The number of benzene rings is 1. The summed E-state index contributed by atoms with van der Waals surface area (Å²) in [6, 6.07) is 8.99. The molecule has 1 saturated carbocycles. The molecular formula is C22H26N6O. The number of carbonyl (C=O) groups is 1. The lowest BCUT2D eigenvalue weighted by Gasteiger charge is -2.34. The highest BCUT2D eigenvalue weighted by Crippen LogP contribution is 2.27. The van der Waals surface area contributed by atoms with Crippen LogP contribution in [0, 0.1) is 0 Å². The molecule has 1 aromatic carbocycles. The summed E-state index contributed by atoms with van der Waals surface area (Å²) < 4.78 is 1.79. The Kier molecular flexibility index (Phi) is 4.77. The van der Waals surface area contributed by atoms with Crippen molar-refractivity contribution < 1.29 is 4.79 Å². The van der Waals surface area contributed by atoms with E-state index in [4.69, 9.17) is 0 Å². The summed E-state index contributed by atoms with van der Waals surface area (Å²) in [7, 11) is 1.91. The van der Waals surface area contributed by atoms with E-state index >= 15 is 0 Å². The van der Waals surface area contributed by atoms with Crippen molar-refractivity contribution in [2.75, 3.05) is 38.0 Å². The third-order valence-corrected chi connectivity index (χ3v) is 5.86. The third kappa shape index (κ3) is 4.16. The SMILES string of the molecule is Cn1cc(-c2ccc3cnc(NC(=O)CN4CCN(C5CC5)CC4)cc3c2)cn1. The molecule has 1 saturated heterocycles. The van der Waals surface area contributed by atoms with Gasteiger partial charge in [0.2, 0.25) is 5.91 Å². The smallest absolute Gasteiger partial charge is 0.239 e. The first-order chi connectivity index (χ1) is 14.1. The number of aryl methyl sites for hydroxylation is 1. The Morgan fingerprint density at radius 3 is 2.62 bits per heavy atom. The lowest BCUT2D eigenvalue weighted by Crippen LogP contribution is -2.49. The van der Waals surface area contributed by atoms with Gasteiger partial charge in [0.25, 0.3) is 0 Å². The minimum atomic E-state index is 0.000126. The minimum Gasteiger partial charge on any atom is -0.310 e. The predicted octanol–water partition coefficient (Wildman–Crippen LogP) is 2.35. The van der Waals surface area contributed by atoms with Gasteiger partial charge in [-0.05, 0) is 35.9 Å². The molecule has 0 spiro atoms. The number of nitrogens with zero attached hydrogens (tertiary/aromatic N) is 5. The number of fused-ring (bicyclic) bond motifs is 1. The van der Waals surface area contributed by atoms with Crippen LogP contribution in [0.5, 0.6) is 0 Å². The van der Waals surface area contributed by atoms with Gasteiger partial charge in [0.05, 0.1) is 12.7 Å². The topological polar surface area (TPSA) is 66.3 Å². The second-order valence-corrected chi connectivity index (χ2v) is 8.13. The molecule has 1 aliphatic carbocycles. The molecule has 7 nitrogen and oxygen atoms in total. The van der Waals surface area contributed by atoms with E-state index in [1.807, 2.05) is 31.7 Å². The Balaban J connectivity index is 1.24. The van der Waals surface area contributed by atoms with Gasteiger partial charge in [-0.25, -0.2) is 4.98 Å². The van der Waals surface area contributed by atoms with Crippen LogP contribution in [0.4, 0.5) is 5.82 Å². The predicted molar refractivity (Wildman–Crippen MR) is 114 cm³/mol. The van der Waals surface area contributed by atoms with Crippen molar-refractivity contribution in [3.8, 4) is 11.1 Å². The number of hydrogen-bond acceptors (Lipinski definition) is 5. The van der Waals surface area contributed by atoms with Gasteiger partial charge in [-0.3, -0.25) is 19.3 Å². The second kappa shape index (κ2) is 7.57. The van der Waals surface area contributed by atoms with E-state index in [9.17, 15) is 4.79 Å². The number of carbonyl (C=O) groups excluding carboxylic acids is 1. The van der Waals surface area contributed by atoms with Gasteiger partial charge < -0.3 is 5.32 Å². The summed E-state index contributed by atoms with van der Waals surface area (Å²) in [4.78, 5) is 21.7. The largest absolute Gasteiger partial charge is 0.310 e. The zero-order valence-corrected chi connectivity index (χ0v) is 16.7. The normalized spacial score (nSPS) is 18.2. The van der Waals surface area contributed by atoms with Crippen LogP contribution in [0.25, 0.3) is 21.9 Å². The summed E-state index contributed by atoms with van der Waals surface area (Å²) in [5.41, 5.74) is 2.17. The summed E-state index contributed by atoms with van der Waals surface area (Å²) in [5.74, 6) is 0.600. The van der Waals surface area contributed by atoms with E-state index in [0.29, 0.717) is 12.4 Å². The van der Waals surface area contributed by atoms with Crippen LogP contribution in [-0.4, -0.2) is 69.2 Å². The Morgan fingerprint density at radius 1 is 1.07 bits per heavy atom. The number of rotatable bonds is 5. The van der Waals surface area contributed by atoms with Crippen molar-refractivity contribution in [3.05, 3.63) is 42.9 Å². The molecule has 3 heterocycles. The van der Waals surface area contributed by atoms with Crippen LogP contribution < -0.4 is 5.32 Å². The number of aromatic nitrogens is 3. The van der Waals surface area contributed by atoms with Gasteiger partial charge in [0.1, 0.15) is 5.82 Å². The molecule has 0 atom stereocenters.